The number of thiazole rings is 1. The summed E-state index contributed by atoms with van der Waals surface area (Å²) in [6.07, 6.45) is 10.9. The van der Waals surface area contributed by atoms with E-state index in [2.05, 4.69) is 15.6 Å². The number of rotatable bonds is 7. The Hall–Kier alpha value is -1.43. The van der Waals surface area contributed by atoms with E-state index in [1.54, 1.807) is 11.3 Å². The van der Waals surface area contributed by atoms with Gasteiger partial charge in [0.25, 0.3) is 0 Å². The molecule has 4 rings (SSSR count). The number of hydrogen-bond acceptors (Lipinski definition) is 4. The molecule has 3 aliphatic rings. The minimum atomic E-state index is 0.203. The lowest BCUT2D eigenvalue weighted by Gasteiger charge is -2.32. The fourth-order valence-electron chi connectivity index (χ4n) is 4.42. The van der Waals surface area contributed by atoms with Crippen LogP contribution in [0.15, 0.2) is 5.38 Å². The summed E-state index contributed by atoms with van der Waals surface area (Å²) in [5, 5.41) is 6.30. The molecule has 6 heteroatoms. The van der Waals surface area contributed by atoms with Gasteiger partial charge in [-0.3, -0.25) is 9.59 Å². The molecule has 2 heterocycles. The van der Waals surface area contributed by atoms with Gasteiger partial charge >= 0.3 is 0 Å². The van der Waals surface area contributed by atoms with E-state index in [1.165, 1.54) is 25.7 Å². The maximum absolute atomic E-state index is 12.7. The number of nitrogens with zero attached hydrogens (tertiary/aromatic N) is 2. The maximum Gasteiger partial charge on any atom is 0.223 e. The lowest BCUT2D eigenvalue weighted by molar-refractivity contribution is -0.133. The van der Waals surface area contributed by atoms with Gasteiger partial charge in [-0.1, -0.05) is 12.8 Å². The number of carbonyl (C=O) groups excluding carboxylic acids is 2. The molecule has 1 aliphatic heterocycles. The summed E-state index contributed by atoms with van der Waals surface area (Å²) in [5.41, 5.74) is 1.07. The molecule has 0 aromatic carbocycles. The van der Waals surface area contributed by atoms with E-state index in [9.17, 15) is 9.59 Å². The molecular weight excluding hydrogens is 358 g/mol. The summed E-state index contributed by atoms with van der Waals surface area (Å²) in [4.78, 5) is 31.3. The number of aromatic nitrogens is 1. The molecule has 5 nitrogen and oxygen atoms in total. The highest BCUT2D eigenvalue weighted by Crippen LogP contribution is 2.32. The Kier molecular flexibility index (Phi) is 6.11. The van der Waals surface area contributed by atoms with Crippen molar-refractivity contribution >= 4 is 23.2 Å². The zero-order valence-corrected chi connectivity index (χ0v) is 16.9. The van der Waals surface area contributed by atoms with Crippen LogP contribution >= 0.6 is 11.3 Å². The molecule has 0 radical (unpaired) electrons. The Balaban J connectivity index is 1.25. The number of nitrogens with one attached hydrogen (secondary N) is 1. The van der Waals surface area contributed by atoms with Gasteiger partial charge in [-0.25, -0.2) is 4.98 Å². The Morgan fingerprint density at radius 3 is 2.74 bits per heavy atom. The van der Waals surface area contributed by atoms with Crippen molar-refractivity contribution in [2.24, 2.45) is 11.8 Å². The van der Waals surface area contributed by atoms with Crippen LogP contribution in [0.25, 0.3) is 0 Å². The third kappa shape index (κ3) is 5.09. The second-order valence-electron chi connectivity index (χ2n) is 8.53. The first-order valence-electron chi connectivity index (χ1n) is 10.7. The van der Waals surface area contributed by atoms with Crippen LogP contribution in [0.2, 0.25) is 0 Å². The van der Waals surface area contributed by atoms with E-state index >= 15 is 0 Å². The van der Waals surface area contributed by atoms with Crippen molar-refractivity contribution in [2.75, 3.05) is 19.6 Å². The second kappa shape index (κ2) is 8.72. The molecule has 1 aromatic rings. The Labute approximate surface area is 165 Å². The SMILES string of the molecule is O=C(NCCc1csc([C@H]2CCCN(C(=O)CC3CCCC3)C2)n1)C1CC1. The largest absolute Gasteiger partial charge is 0.355 e. The normalized spacial score (nSPS) is 23.6. The van der Waals surface area contributed by atoms with Crippen molar-refractivity contribution in [1.82, 2.24) is 15.2 Å². The predicted octanol–water partition coefficient (Wildman–Crippen LogP) is 3.50. The molecule has 148 valence electrons. The summed E-state index contributed by atoms with van der Waals surface area (Å²) >= 11 is 1.72. The van der Waals surface area contributed by atoms with Gasteiger partial charge in [-0.15, -0.1) is 11.3 Å². The van der Waals surface area contributed by atoms with Crippen molar-refractivity contribution in [3.05, 3.63) is 16.1 Å². The lowest BCUT2D eigenvalue weighted by atomic mass is 9.97. The van der Waals surface area contributed by atoms with E-state index in [0.717, 1.165) is 62.3 Å². The molecule has 0 spiro atoms. The fraction of sp³-hybridized carbons (Fsp3) is 0.762. The topological polar surface area (TPSA) is 62.3 Å². The van der Waals surface area contributed by atoms with E-state index in [4.69, 9.17) is 4.98 Å². The molecule has 3 fully saturated rings. The summed E-state index contributed by atoms with van der Waals surface area (Å²) in [5.74, 6) is 1.83. The third-order valence-corrected chi connectivity index (χ3v) is 7.32. The first-order chi connectivity index (χ1) is 13.2. The lowest BCUT2D eigenvalue weighted by Crippen LogP contribution is -2.39. The van der Waals surface area contributed by atoms with Crippen LogP contribution in [-0.4, -0.2) is 41.3 Å². The first-order valence-corrected chi connectivity index (χ1v) is 11.6. The maximum atomic E-state index is 12.7. The number of carbonyl (C=O) groups is 2. The second-order valence-corrected chi connectivity index (χ2v) is 9.42. The molecule has 27 heavy (non-hydrogen) atoms. The highest BCUT2D eigenvalue weighted by Gasteiger charge is 2.30. The molecule has 2 saturated carbocycles. The first kappa shape index (κ1) is 18.9. The van der Waals surface area contributed by atoms with Crippen LogP contribution in [0.5, 0.6) is 0 Å². The average molecular weight is 390 g/mol. The standard InChI is InChI=1S/C21H31N3O2S/c25-19(12-15-4-1-2-5-15)24-11-3-6-17(13-24)21-23-18(14-27-21)9-10-22-20(26)16-7-8-16/h14-17H,1-13H2,(H,22,26)/t17-/m0/s1. The highest BCUT2D eigenvalue weighted by molar-refractivity contribution is 7.09. The number of hydrogen-bond donors (Lipinski definition) is 1. The molecular formula is C21H31N3O2S. The van der Waals surface area contributed by atoms with Gasteiger partial charge in [0, 0.05) is 49.7 Å². The van der Waals surface area contributed by atoms with Crippen molar-refractivity contribution < 1.29 is 9.59 Å². The van der Waals surface area contributed by atoms with Crippen LogP contribution in [0.3, 0.4) is 0 Å². The zero-order chi connectivity index (χ0) is 18.6. The van der Waals surface area contributed by atoms with Gasteiger partial charge in [-0.05, 0) is 44.4 Å². The van der Waals surface area contributed by atoms with E-state index in [-0.39, 0.29) is 11.8 Å². The van der Waals surface area contributed by atoms with Gasteiger partial charge in [-0.2, -0.15) is 0 Å². The number of likely N-dealkylation sites (tertiary alicyclic amines) is 1. The molecule has 1 aromatic heterocycles. The predicted molar refractivity (Wildman–Crippen MR) is 107 cm³/mol. The fourth-order valence-corrected chi connectivity index (χ4v) is 5.41. The van der Waals surface area contributed by atoms with Gasteiger partial charge in [0.05, 0.1) is 10.7 Å². The molecule has 2 amide bonds. The summed E-state index contributed by atoms with van der Waals surface area (Å²) in [7, 11) is 0. The van der Waals surface area contributed by atoms with Gasteiger partial charge in [0.15, 0.2) is 0 Å². The van der Waals surface area contributed by atoms with E-state index < -0.39 is 0 Å². The number of amides is 2. The van der Waals surface area contributed by atoms with Gasteiger partial charge in [0.2, 0.25) is 11.8 Å². The van der Waals surface area contributed by atoms with Crippen molar-refractivity contribution in [3.8, 4) is 0 Å². The van der Waals surface area contributed by atoms with Crippen molar-refractivity contribution in [3.63, 3.8) is 0 Å². The Bertz CT molecular complexity index is 664. The van der Waals surface area contributed by atoms with Crippen LogP contribution in [0.1, 0.15) is 74.4 Å². The van der Waals surface area contributed by atoms with Gasteiger partial charge < -0.3 is 10.2 Å². The quantitative estimate of drug-likeness (QED) is 0.776. The molecule has 1 saturated heterocycles. The van der Waals surface area contributed by atoms with Gasteiger partial charge in [0.1, 0.15) is 0 Å². The monoisotopic (exact) mass is 389 g/mol. The Morgan fingerprint density at radius 1 is 1.15 bits per heavy atom. The van der Waals surface area contributed by atoms with Crippen LogP contribution in [0.4, 0.5) is 0 Å². The summed E-state index contributed by atoms with van der Waals surface area (Å²) < 4.78 is 0. The molecule has 0 unspecified atom stereocenters. The van der Waals surface area contributed by atoms with Crippen molar-refractivity contribution in [1.29, 1.82) is 0 Å². The van der Waals surface area contributed by atoms with Crippen LogP contribution in [0, 0.1) is 11.8 Å². The zero-order valence-electron chi connectivity index (χ0n) is 16.1. The average Bonchev–Trinajstić information content (AvgIpc) is 3.21. The minimum Gasteiger partial charge on any atom is -0.355 e. The minimum absolute atomic E-state index is 0.203. The van der Waals surface area contributed by atoms with Crippen LogP contribution < -0.4 is 5.32 Å². The van der Waals surface area contributed by atoms with E-state index in [1.807, 2.05) is 0 Å². The molecule has 2 aliphatic carbocycles. The molecule has 1 N–H and O–H groups in total. The van der Waals surface area contributed by atoms with E-state index in [0.29, 0.717) is 24.3 Å². The number of piperidine rings is 1. The Morgan fingerprint density at radius 2 is 1.96 bits per heavy atom. The third-order valence-electron chi connectivity index (χ3n) is 6.26. The molecule has 0 bridgehead atoms. The highest BCUT2D eigenvalue weighted by atomic mass is 32.1. The smallest absolute Gasteiger partial charge is 0.223 e. The molecule has 1 atom stereocenters. The summed E-state index contributed by atoms with van der Waals surface area (Å²) in [6, 6.07) is 0. The summed E-state index contributed by atoms with van der Waals surface area (Å²) in [6.45, 7) is 2.42. The van der Waals surface area contributed by atoms with Crippen LogP contribution in [-0.2, 0) is 16.0 Å². The van der Waals surface area contributed by atoms with Crippen molar-refractivity contribution in [2.45, 2.75) is 70.1 Å².